The van der Waals surface area contributed by atoms with E-state index in [9.17, 15) is 9.90 Å². The molecule has 3 aromatic heterocycles. The zero-order valence-electron chi connectivity index (χ0n) is 16.2. The Labute approximate surface area is 170 Å². The summed E-state index contributed by atoms with van der Waals surface area (Å²) >= 11 is 0. The first-order valence-electron chi connectivity index (χ1n) is 9.32. The maximum Gasteiger partial charge on any atom is 0.267 e. The molecule has 2 N–H and O–H groups in total. The molecule has 0 aliphatic heterocycles. The van der Waals surface area contributed by atoms with Crippen molar-refractivity contribution in [3.63, 3.8) is 0 Å². The first-order chi connectivity index (χ1) is 14.5. The number of nitrogens with zero attached hydrogens (tertiary/aromatic N) is 4. The lowest BCUT2D eigenvalue weighted by Crippen LogP contribution is -2.11. The molecule has 0 bridgehead atoms. The van der Waals surface area contributed by atoms with Crippen molar-refractivity contribution in [1.82, 2.24) is 24.9 Å². The molecule has 0 aliphatic carbocycles. The molecular formula is C22H17N5O3. The molecule has 0 fully saturated rings. The minimum absolute atomic E-state index is 0.0608. The van der Waals surface area contributed by atoms with E-state index < -0.39 is 5.56 Å². The Morgan fingerprint density at radius 2 is 1.67 bits per heavy atom. The predicted octanol–water partition coefficient (Wildman–Crippen LogP) is 3.75. The highest BCUT2D eigenvalue weighted by atomic mass is 16.5. The van der Waals surface area contributed by atoms with Crippen LogP contribution in [-0.2, 0) is 0 Å². The van der Waals surface area contributed by atoms with E-state index in [1.807, 2.05) is 62.4 Å². The van der Waals surface area contributed by atoms with Crippen molar-refractivity contribution in [3.05, 3.63) is 76.2 Å². The fourth-order valence-electron chi connectivity index (χ4n) is 3.28. The number of nitrogens with one attached hydrogen (secondary N) is 1. The molecule has 5 rings (SSSR count). The molecule has 2 aromatic carbocycles. The van der Waals surface area contributed by atoms with Gasteiger partial charge in [-0.15, -0.1) is 0 Å². The maximum absolute atomic E-state index is 12.8. The average Bonchev–Trinajstić information content (AvgIpc) is 3.37. The Bertz CT molecular complexity index is 1430. The third-order valence-electron chi connectivity index (χ3n) is 4.95. The summed E-state index contributed by atoms with van der Waals surface area (Å²) in [6, 6.07) is 15.3. The smallest absolute Gasteiger partial charge is 0.267 e. The lowest BCUT2D eigenvalue weighted by atomic mass is 10.1. The largest absolute Gasteiger partial charge is 0.506 e. The standard InChI is InChI=1S/C22H17N5O3/c1-12-3-7-14(8-4-12)19-24-22(30-26-19)17-18(28)16-11-23-27(20(16)25-21(17)29)15-9-5-13(2)6-10-15/h3-11H,1-2H3,(H2,25,28,29). The van der Waals surface area contributed by atoms with E-state index >= 15 is 0 Å². The monoisotopic (exact) mass is 399 g/mol. The van der Waals surface area contributed by atoms with Crippen molar-refractivity contribution in [3.8, 4) is 34.3 Å². The number of aryl methyl sites for hydroxylation is 2. The fourth-order valence-corrected chi connectivity index (χ4v) is 3.28. The number of benzene rings is 2. The van der Waals surface area contributed by atoms with Crippen molar-refractivity contribution in [1.29, 1.82) is 0 Å². The molecule has 0 spiro atoms. The summed E-state index contributed by atoms with van der Waals surface area (Å²) in [5.74, 6) is 0.0137. The molecule has 0 saturated carbocycles. The number of rotatable bonds is 3. The maximum atomic E-state index is 12.8. The van der Waals surface area contributed by atoms with Crippen LogP contribution < -0.4 is 5.56 Å². The summed E-state index contributed by atoms with van der Waals surface area (Å²) in [5.41, 5.74) is 3.47. The average molecular weight is 399 g/mol. The molecule has 148 valence electrons. The van der Waals surface area contributed by atoms with Gasteiger partial charge in [0.15, 0.2) is 0 Å². The molecule has 0 atom stereocenters. The quantitative estimate of drug-likeness (QED) is 0.478. The topological polar surface area (TPSA) is 110 Å². The number of pyridine rings is 1. The summed E-state index contributed by atoms with van der Waals surface area (Å²) in [4.78, 5) is 19.9. The normalized spacial score (nSPS) is 11.3. The molecule has 0 radical (unpaired) electrons. The van der Waals surface area contributed by atoms with Crippen molar-refractivity contribution >= 4 is 11.0 Å². The summed E-state index contributed by atoms with van der Waals surface area (Å²) in [7, 11) is 0. The van der Waals surface area contributed by atoms with Crippen LogP contribution in [0, 0.1) is 13.8 Å². The van der Waals surface area contributed by atoms with Gasteiger partial charge in [0.25, 0.3) is 11.4 Å². The van der Waals surface area contributed by atoms with E-state index in [0.717, 1.165) is 22.4 Å². The SMILES string of the molecule is Cc1ccc(-c2noc(-c3c(O)c4cnn(-c5ccc(C)cc5)c4[nH]c3=O)n2)cc1. The van der Waals surface area contributed by atoms with Crippen LogP contribution in [0.3, 0.4) is 0 Å². The first kappa shape index (κ1) is 17.9. The molecule has 8 heteroatoms. The highest BCUT2D eigenvalue weighted by Crippen LogP contribution is 2.32. The number of aromatic hydroxyl groups is 1. The van der Waals surface area contributed by atoms with E-state index in [1.165, 1.54) is 6.20 Å². The number of fused-ring (bicyclic) bond motifs is 1. The molecular weight excluding hydrogens is 382 g/mol. The number of aromatic nitrogens is 5. The van der Waals surface area contributed by atoms with Gasteiger partial charge in [-0.2, -0.15) is 10.1 Å². The van der Waals surface area contributed by atoms with Gasteiger partial charge in [0.05, 0.1) is 17.3 Å². The Kier molecular flexibility index (Phi) is 3.99. The number of H-pyrrole nitrogens is 1. The third kappa shape index (κ3) is 2.86. The van der Waals surface area contributed by atoms with Crippen LogP contribution in [0.25, 0.3) is 39.6 Å². The van der Waals surface area contributed by atoms with Gasteiger partial charge < -0.3 is 14.6 Å². The van der Waals surface area contributed by atoms with Crippen molar-refractivity contribution < 1.29 is 9.63 Å². The van der Waals surface area contributed by atoms with Gasteiger partial charge >= 0.3 is 0 Å². The Morgan fingerprint density at radius 1 is 1.00 bits per heavy atom. The van der Waals surface area contributed by atoms with E-state index in [0.29, 0.717) is 16.9 Å². The summed E-state index contributed by atoms with van der Waals surface area (Å²) in [6.45, 7) is 3.97. The summed E-state index contributed by atoms with van der Waals surface area (Å²) in [5, 5.41) is 19.4. The zero-order valence-corrected chi connectivity index (χ0v) is 16.2. The molecule has 0 saturated heterocycles. The number of hydrogen-bond acceptors (Lipinski definition) is 6. The van der Waals surface area contributed by atoms with E-state index in [2.05, 4.69) is 20.2 Å². The third-order valence-corrected chi connectivity index (χ3v) is 4.95. The Hall–Kier alpha value is -4.20. The van der Waals surface area contributed by atoms with Gasteiger partial charge in [0.1, 0.15) is 17.0 Å². The Morgan fingerprint density at radius 3 is 2.37 bits per heavy atom. The molecule has 0 aliphatic rings. The van der Waals surface area contributed by atoms with Crippen molar-refractivity contribution in [2.24, 2.45) is 0 Å². The zero-order chi connectivity index (χ0) is 20.8. The molecule has 8 nitrogen and oxygen atoms in total. The van der Waals surface area contributed by atoms with E-state index in [4.69, 9.17) is 4.52 Å². The van der Waals surface area contributed by atoms with Gasteiger partial charge in [0.2, 0.25) is 5.82 Å². The molecule has 0 unspecified atom stereocenters. The van der Waals surface area contributed by atoms with Crippen LogP contribution in [0.4, 0.5) is 0 Å². The second kappa shape index (κ2) is 6.70. The molecule has 3 heterocycles. The van der Waals surface area contributed by atoms with Gasteiger partial charge in [-0.3, -0.25) is 4.79 Å². The lowest BCUT2D eigenvalue weighted by molar-refractivity contribution is 0.426. The van der Waals surface area contributed by atoms with Gasteiger partial charge in [-0.1, -0.05) is 52.7 Å². The lowest BCUT2D eigenvalue weighted by Gasteiger charge is -2.05. The summed E-state index contributed by atoms with van der Waals surface area (Å²) in [6.07, 6.45) is 1.49. The fraction of sp³-hybridized carbons (Fsp3) is 0.0909. The highest BCUT2D eigenvalue weighted by molar-refractivity contribution is 5.89. The van der Waals surface area contributed by atoms with Crippen LogP contribution in [0.1, 0.15) is 11.1 Å². The van der Waals surface area contributed by atoms with Crippen molar-refractivity contribution in [2.45, 2.75) is 13.8 Å². The van der Waals surface area contributed by atoms with Gasteiger partial charge in [-0.25, -0.2) is 4.68 Å². The molecule has 5 aromatic rings. The van der Waals surface area contributed by atoms with Crippen LogP contribution in [-0.4, -0.2) is 30.0 Å². The highest BCUT2D eigenvalue weighted by Gasteiger charge is 2.22. The second-order valence-corrected chi connectivity index (χ2v) is 7.12. The summed E-state index contributed by atoms with van der Waals surface area (Å²) < 4.78 is 6.84. The predicted molar refractivity (Wildman–Crippen MR) is 112 cm³/mol. The minimum Gasteiger partial charge on any atom is -0.506 e. The van der Waals surface area contributed by atoms with Crippen LogP contribution in [0.2, 0.25) is 0 Å². The van der Waals surface area contributed by atoms with E-state index in [-0.39, 0.29) is 17.2 Å². The molecule has 0 amide bonds. The van der Waals surface area contributed by atoms with Crippen LogP contribution in [0.5, 0.6) is 5.75 Å². The Balaban J connectivity index is 1.62. The molecule has 30 heavy (non-hydrogen) atoms. The van der Waals surface area contributed by atoms with Crippen molar-refractivity contribution in [2.75, 3.05) is 0 Å². The first-order valence-corrected chi connectivity index (χ1v) is 9.32. The number of aromatic amines is 1. The van der Waals surface area contributed by atoms with Gasteiger partial charge in [0, 0.05) is 5.56 Å². The van der Waals surface area contributed by atoms with Crippen LogP contribution >= 0.6 is 0 Å². The number of hydrogen-bond donors (Lipinski definition) is 2. The minimum atomic E-state index is -0.548. The second-order valence-electron chi connectivity index (χ2n) is 7.12. The van der Waals surface area contributed by atoms with Gasteiger partial charge in [-0.05, 0) is 26.0 Å². The van der Waals surface area contributed by atoms with Crippen LogP contribution in [0.15, 0.2) is 64.0 Å². The van der Waals surface area contributed by atoms with E-state index in [1.54, 1.807) is 4.68 Å².